The Balaban J connectivity index is 2.31. The van der Waals surface area contributed by atoms with E-state index in [1.54, 1.807) is 0 Å². The second kappa shape index (κ2) is 5.23. The molecule has 2 heterocycles. The average Bonchev–Trinajstić information content (AvgIpc) is 2.81. The Hall–Kier alpha value is -3.62. The van der Waals surface area contributed by atoms with E-state index in [0.29, 0.717) is 0 Å². The molecule has 1 aliphatic heterocycles. The van der Waals surface area contributed by atoms with Gasteiger partial charge in [0.05, 0.1) is 29.5 Å². The molecule has 0 radical (unpaired) electrons. The minimum absolute atomic E-state index is 0.0451. The summed E-state index contributed by atoms with van der Waals surface area (Å²) in [6, 6.07) is 4.82. The second-order valence-corrected chi connectivity index (χ2v) is 4.97. The van der Waals surface area contributed by atoms with Crippen molar-refractivity contribution in [3.05, 3.63) is 51.3 Å². The number of methoxy groups -OCH3 is 1. The Kier molecular flexibility index (Phi) is 3.33. The summed E-state index contributed by atoms with van der Waals surface area (Å²) in [5, 5.41) is 11.1. The predicted molar refractivity (Wildman–Crippen MR) is 81.8 cm³/mol. The Morgan fingerprint density at radius 3 is 2.54 bits per heavy atom. The van der Waals surface area contributed by atoms with Gasteiger partial charge in [-0.1, -0.05) is 0 Å². The Morgan fingerprint density at radius 1 is 1.21 bits per heavy atom. The van der Waals surface area contributed by atoms with E-state index >= 15 is 0 Å². The zero-order valence-electron chi connectivity index (χ0n) is 12.3. The normalized spacial score (nSPS) is 12.7. The van der Waals surface area contributed by atoms with E-state index in [1.807, 2.05) is 0 Å². The largest absolute Gasteiger partial charge is 0.495 e. The number of anilines is 1. The summed E-state index contributed by atoms with van der Waals surface area (Å²) in [4.78, 5) is 46.9. The highest BCUT2D eigenvalue weighted by molar-refractivity contribution is 6.23. The molecular formula is C15H11N3O6. The SMILES string of the molecule is COc1cc(C(=O)O)ccc1-n1c(N)c2c(cc1=O)C(=O)NC2=O. The molecular weight excluding hydrogens is 318 g/mol. The van der Waals surface area contributed by atoms with Crippen LogP contribution < -0.4 is 21.3 Å². The van der Waals surface area contributed by atoms with Crippen molar-refractivity contribution in [1.82, 2.24) is 9.88 Å². The molecule has 2 aromatic rings. The zero-order chi connectivity index (χ0) is 17.6. The minimum Gasteiger partial charge on any atom is -0.495 e. The maximum absolute atomic E-state index is 12.4. The van der Waals surface area contributed by atoms with Gasteiger partial charge in [-0.2, -0.15) is 0 Å². The number of ether oxygens (including phenoxy) is 1. The van der Waals surface area contributed by atoms with E-state index in [9.17, 15) is 19.2 Å². The van der Waals surface area contributed by atoms with E-state index in [2.05, 4.69) is 5.32 Å². The van der Waals surface area contributed by atoms with Crippen LogP contribution in [-0.4, -0.2) is 34.6 Å². The molecule has 2 amide bonds. The fourth-order valence-corrected chi connectivity index (χ4v) is 2.52. The molecule has 0 saturated heterocycles. The van der Waals surface area contributed by atoms with Crippen LogP contribution in [0.3, 0.4) is 0 Å². The molecule has 0 aliphatic carbocycles. The highest BCUT2D eigenvalue weighted by Gasteiger charge is 2.32. The third-order valence-corrected chi connectivity index (χ3v) is 3.62. The smallest absolute Gasteiger partial charge is 0.335 e. The van der Waals surface area contributed by atoms with Gasteiger partial charge < -0.3 is 15.6 Å². The number of pyridine rings is 1. The molecule has 1 aromatic carbocycles. The number of nitrogens with two attached hydrogens (primary N) is 1. The number of hydrogen-bond acceptors (Lipinski definition) is 6. The first-order valence-corrected chi connectivity index (χ1v) is 6.68. The number of carbonyl (C=O) groups excluding carboxylic acids is 2. The van der Waals surface area contributed by atoms with Crippen molar-refractivity contribution < 1.29 is 24.2 Å². The lowest BCUT2D eigenvalue weighted by atomic mass is 10.1. The monoisotopic (exact) mass is 329 g/mol. The number of aromatic carboxylic acids is 1. The number of carboxylic acid groups (broad SMARTS) is 1. The van der Waals surface area contributed by atoms with Crippen LogP contribution in [0.5, 0.6) is 5.75 Å². The van der Waals surface area contributed by atoms with Crippen LogP contribution in [0.25, 0.3) is 5.69 Å². The van der Waals surface area contributed by atoms with Gasteiger partial charge in [0.25, 0.3) is 17.4 Å². The molecule has 1 aromatic heterocycles. The summed E-state index contributed by atoms with van der Waals surface area (Å²) in [5.74, 6) is -2.73. The van der Waals surface area contributed by atoms with E-state index < -0.39 is 23.3 Å². The third kappa shape index (κ3) is 2.10. The van der Waals surface area contributed by atoms with E-state index in [-0.39, 0.29) is 33.9 Å². The van der Waals surface area contributed by atoms with Crippen LogP contribution >= 0.6 is 0 Å². The summed E-state index contributed by atoms with van der Waals surface area (Å²) >= 11 is 0. The van der Waals surface area contributed by atoms with Crippen LogP contribution in [0, 0.1) is 0 Å². The van der Waals surface area contributed by atoms with Gasteiger partial charge in [-0.15, -0.1) is 0 Å². The van der Waals surface area contributed by atoms with Crippen LogP contribution in [-0.2, 0) is 0 Å². The molecule has 1 aliphatic rings. The quantitative estimate of drug-likeness (QED) is 0.674. The van der Waals surface area contributed by atoms with E-state index in [4.69, 9.17) is 15.6 Å². The molecule has 0 unspecified atom stereocenters. The van der Waals surface area contributed by atoms with Gasteiger partial charge in [0, 0.05) is 6.07 Å². The van der Waals surface area contributed by atoms with Crippen molar-refractivity contribution in [3.63, 3.8) is 0 Å². The molecule has 0 spiro atoms. The highest BCUT2D eigenvalue weighted by Crippen LogP contribution is 2.28. The van der Waals surface area contributed by atoms with Gasteiger partial charge in [-0.05, 0) is 18.2 Å². The number of hydrogen-bond donors (Lipinski definition) is 3. The Morgan fingerprint density at radius 2 is 1.92 bits per heavy atom. The van der Waals surface area contributed by atoms with E-state index in [1.165, 1.54) is 25.3 Å². The number of fused-ring (bicyclic) bond motifs is 1. The number of aromatic nitrogens is 1. The summed E-state index contributed by atoms with van der Waals surface area (Å²) in [5.41, 5.74) is 5.17. The maximum Gasteiger partial charge on any atom is 0.335 e. The molecule has 0 atom stereocenters. The zero-order valence-corrected chi connectivity index (χ0v) is 12.3. The summed E-state index contributed by atoms with van der Waals surface area (Å²) in [6.07, 6.45) is 0. The number of rotatable bonds is 3. The number of nitrogens with one attached hydrogen (secondary N) is 1. The standard InChI is InChI=1S/C15H11N3O6/c1-24-9-4-6(15(22)23)2-3-8(9)18-10(19)5-7-11(12(18)16)14(21)17-13(7)20/h2-5H,16H2,1H3,(H,22,23)(H,17,20,21). The number of imide groups is 1. The van der Waals surface area contributed by atoms with Crippen molar-refractivity contribution in [3.8, 4) is 11.4 Å². The van der Waals surface area contributed by atoms with Gasteiger partial charge in [0.15, 0.2) is 0 Å². The molecule has 24 heavy (non-hydrogen) atoms. The van der Waals surface area contributed by atoms with Gasteiger partial charge in [-0.25, -0.2) is 4.79 Å². The first kappa shape index (κ1) is 15.3. The van der Waals surface area contributed by atoms with Gasteiger partial charge in [0.1, 0.15) is 11.6 Å². The fourth-order valence-electron chi connectivity index (χ4n) is 2.52. The number of carboxylic acids is 1. The van der Waals surface area contributed by atoms with Gasteiger partial charge in [0.2, 0.25) is 0 Å². The molecule has 0 fully saturated rings. The molecule has 122 valence electrons. The van der Waals surface area contributed by atoms with Gasteiger partial charge in [-0.3, -0.25) is 24.3 Å². The number of carbonyl (C=O) groups is 3. The fraction of sp³-hybridized carbons (Fsp3) is 0.0667. The summed E-state index contributed by atoms with van der Waals surface area (Å²) in [7, 11) is 1.30. The van der Waals surface area contributed by atoms with Crippen LogP contribution in [0.15, 0.2) is 29.1 Å². The maximum atomic E-state index is 12.4. The number of nitrogens with zero attached hydrogens (tertiary/aromatic N) is 1. The van der Waals surface area contributed by atoms with Crippen molar-refractivity contribution in [2.45, 2.75) is 0 Å². The average molecular weight is 329 g/mol. The number of nitrogen functional groups attached to an aromatic ring is 1. The number of amides is 2. The molecule has 9 heteroatoms. The molecule has 9 nitrogen and oxygen atoms in total. The van der Waals surface area contributed by atoms with Crippen molar-refractivity contribution >= 4 is 23.6 Å². The molecule has 0 saturated carbocycles. The summed E-state index contributed by atoms with van der Waals surface area (Å²) in [6.45, 7) is 0. The number of benzene rings is 1. The van der Waals surface area contributed by atoms with E-state index in [0.717, 1.165) is 10.6 Å². The topological polar surface area (TPSA) is 141 Å². The van der Waals surface area contributed by atoms with Crippen LogP contribution in [0.4, 0.5) is 5.82 Å². The third-order valence-electron chi connectivity index (χ3n) is 3.62. The Bertz CT molecular complexity index is 976. The Labute approximate surface area is 134 Å². The molecule has 3 rings (SSSR count). The second-order valence-electron chi connectivity index (χ2n) is 4.97. The van der Waals surface area contributed by atoms with Crippen molar-refractivity contribution in [1.29, 1.82) is 0 Å². The van der Waals surface area contributed by atoms with Crippen molar-refractivity contribution in [2.75, 3.05) is 12.8 Å². The first-order valence-electron chi connectivity index (χ1n) is 6.68. The summed E-state index contributed by atoms with van der Waals surface area (Å²) < 4.78 is 6.11. The molecule has 0 bridgehead atoms. The van der Waals surface area contributed by atoms with Crippen LogP contribution in [0.1, 0.15) is 31.1 Å². The van der Waals surface area contributed by atoms with Gasteiger partial charge >= 0.3 is 5.97 Å². The first-order chi connectivity index (χ1) is 11.3. The van der Waals surface area contributed by atoms with Crippen molar-refractivity contribution in [2.24, 2.45) is 0 Å². The lowest BCUT2D eigenvalue weighted by molar-refractivity contribution is 0.0695. The van der Waals surface area contributed by atoms with Crippen LogP contribution in [0.2, 0.25) is 0 Å². The highest BCUT2D eigenvalue weighted by atomic mass is 16.5. The minimum atomic E-state index is -1.17. The predicted octanol–water partition coefficient (Wildman–Crippen LogP) is 0.0101. The molecule has 4 N–H and O–H groups in total. The lowest BCUT2D eigenvalue weighted by Crippen LogP contribution is -2.24. The lowest BCUT2D eigenvalue weighted by Gasteiger charge is -2.15.